The molecule has 132 valence electrons. The van der Waals surface area contributed by atoms with Crippen LogP contribution in [0.3, 0.4) is 0 Å². The van der Waals surface area contributed by atoms with Gasteiger partial charge in [0.2, 0.25) is 0 Å². The van der Waals surface area contributed by atoms with Crippen LogP contribution in [-0.2, 0) is 6.54 Å². The Morgan fingerprint density at radius 2 is 1.88 bits per heavy atom. The number of hydrogen-bond donors (Lipinski definition) is 2. The fraction of sp³-hybridized carbons (Fsp3) is 0.158. The summed E-state index contributed by atoms with van der Waals surface area (Å²) in [5, 5.41) is 3.40. The number of pyridine rings is 1. The molecule has 2 N–H and O–H groups in total. The highest BCUT2D eigenvalue weighted by molar-refractivity contribution is 5.94. The monoisotopic (exact) mass is 354 g/mol. The molecule has 1 aromatic heterocycles. The summed E-state index contributed by atoms with van der Waals surface area (Å²) >= 11 is 0. The maximum Gasteiger partial charge on any atom is 0.253 e. The van der Waals surface area contributed by atoms with Crippen molar-refractivity contribution in [1.29, 1.82) is 0 Å². The summed E-state index contributed by atoms with van der Waals surface area (Å²) in [6.07, 6.45) is 0. The van der Waals surface area contributed by atoms with Crippen molar-refractivity contribution in [2.45, 2.75) is 6.54 Å². The molecular weight excluding hydrogens is 339 g/mol. The van der Waals surface area contributed by atoms with E-state index in [-0.39, 0.29) is 17.7 Å². The van der Waals surface area contributed by atoms with Crippen LogP contribution < -0.4 is 20.3 Å². The lowest BCUT2D eigenvalue weighted by atomic mass is 10.1. The van der Waals surface area contributed by atoms with Gasteiger partial charge in [-0.3, -0.25) is 9.59 Å². The molecule has 0 radical (unpaired) electrons. The summed E-state index contributed by atoms with van der Waals surface area (Å²) < 4.78 is 24.3. The van der Waals surface area contributed by atoms with Gasteiger partial charge in [0, 0.05) is 29.1 Å². The van der Waals surface area contributed by atoms with E-state index < -0.39 is 11.7 Å². The Hall–Kier alpha value is -3.35. The van der Waals surface area contributed by atoms with Crippen LogP contribution in [0.15, 0.2) is 47.3 Å². The molecule has 0 saturated carbocycles. The first-order valence-corrected chi connectivity index (χ1v) is 8.09. The molecule has 7 heteroatoms. The van der Waals surface area contributed by atoms with Gasteiger partial charge in [-0.1, -0.05) is 6.07 Å². The topological polar surface area (TPSA) is 80.4 Å². The van der Waals surface area contributed by atoms with Crippen LogP contribution in [0.25, 0.3) is 10.9 Å². The lowest BCUT2D eigenvalue weighted by Crippen LogP contribution is -2.26. The van der Waals surface area contributed by atoms with Crippen molar-refractivity contribution in [2.24, 2.45) is 0 Å². The average molecular weight is 354 g/mol. The van der Waals surface area contributed by atoms with Crippen molar-refractivity contribution in [3.63, 3.8) is 0 Å². The summed E-state index contributed by atoms with van der Waals surface area (Å²) in [5.74, 6) is 0.261. The van der Waals surface area contributed by atoms with E-state index in [0.29, 0.717) is 35.8 Å². The SMILES string of the molecule is O=C(NCc1cc2cc3c(cc2[nH]c1=O)OCCO3)c1cccc(F)c1. The van der Waals surface area contributed by atoms with Crippen molar-refractivity contribution in [3.05, 3.63) is 69.8 Å². The molecular formula is C19H15FN2O4. The van der Waals surface area contributed by atoms with Crippen LogP contribution >= 0.6 is 0 Å². The van der Waals surface area contributed by atoms with Gasteiger partial charge in [-0.15, -0.1) is 0 Å². The van der Waals surface area contributed by atoms with E-state index in [2.05, 4.69) is 10.3 Å². The van der Waals surface area contributed by atoms with Gasteiger partial charge in [0.25, 0.3) is 11.5 Å². The van der Waals surface area contributed by atoms with Gasteiger partial charge in [-0.05, 0) is 30.3 Å². The van der Waals surface area contributed by atoms with Gasteiger partial charge in [0.05, 0.1) is 5.52 Å². The third kappa shape index (κ3) is 3.11. The Balaban J connectivity index is 1.59. The molecule has 0 bridgehead atoms. The number of carbonyl (C=O) groups excluding carboxylic acids is 1. The van der Waals surface area contributed by atoms with E-state index in [1.165, 1.54) is 18.2 Å². The predicted molar refractivity (Wildman–Crippen MR) is 93.1 cm³/mol. The van der Waals surface area contributed by atoms with Crippen molar-refractivity contribution in [1.82, 2.24) is 10.3 Å². The van der Waals surface area contributed by atoms with Crippen LogP contribution in [0, 0.1) is 5.82 Å². The number of fused-ring (bicyclic) bond motifs is 2. The molecule has 3 aromatic rings. The van der Waals surface area contributed by atoms with E-state index in [1.54, 1.807) is 18.2 Å². The summed E-state index contributed by atoms with van der Waals surface area (Å²) in [7, 11) is 0. The Bertz CT molecular complexity index is 1060. The molecule has 1 aliphatic rings. The van der Waals surface area contributed by atoms with Gasteiger partial charge >= 0.3 is 0 Å². The highest BCUT2D eigenvalue weighted by Gasteiger charge is 2.14. The maximum atomic E-state index is 13.2. The number of ether oxygens (including phenoxy) is 2. The molecule has 2 aromatic carbocycles. The smallest absolute Gasteiger partial charge is 0.253 e. The van der Waals surface area contributed by atoms with Gasteiger partial charge in [-0.25, -0.2) is 4.39 Å². The first kappa shape index (κ1) is 16.1. The molecule has 6 nitrogen and oxygen atoms in total. The zero-order valence-corrected chi connectivity index (χ0v) is 13.7. The largest absolute Gasteiger partial charge is 0.486 e. The highest BCUT2D eigenvalue weighted by atomic mass is 19.1. The molecule has 1 amide bonds. The standard InChI is InChI=1S/C19H15FN2O4/c20-14-3-1-2-11(7-14)18(23)21-10-13-6-12-8-16-17(26-5-4-25-16)9-15(12)22-19(13)24/h1-3,6-9H,4-5,10H2,(H,21,23)(H,22,24). The number of rotatable bonds is 3. The summed E-state index contributed by atoms with van der Waals surface area (Å²) in [6.45, 7) is 0.959. The first-order chi connectivity index (χ1) is 12.6. The third-order valence-electron chi connectivity index (χ3n) is 4.11. The normalized spacial score (nSPS) is 12.8. The lowest BCUT2D eigenvalue weighted by molar-refractivity contribution is 0.0950. The van der Waals surface area contributed by atoms with Crippen molar-refractivity contribution >= 4 is 16.8 Å². The van der Waals surface area contributed by atoms with Crippen LogP contribution in [0.4, 0.5) is 4.39 Å². The fourth-order valence-electron chi connectivity index (χ4n) is 2.83. The van der Waals surface area contributed by atoms with Crippen LogP contribution in [0.5, 0.6) is 11.5 Å². The molecule has 2 heterocycles. The summed E-state index contributed by atoms with van der Waals surface area (Å²) in [5.41, 5.74) is 0.897. The number of halogens is 1. The van der Waals surface area contributed by atoms with Crippen molar-refractivity contribution in [2.75, 3.05) is 13.2 Å². The Kier molecular flexibility index (Phi) is 4.04. The van der Waals surface area contributed by atoms with E-state index in [9.17, 15) is 14.0 Å². The van der Waals surface area contributed by atoms with Crippen LogP contribution in [0.2, 0.25) is 0 Å². The second-order valence-electron chi connectivity index (χ2n) is 5.90. The molecule has 1 aliphatic heterocycles. The average Bonchev–Trinajstić information content (AvgIpc) is 2.64. The van der Waals surface area contributed by atoms with Crippen LogP contribution in [0.1, 0.15) is 15.9 Å². The quantitative estimate of drug-likeness (QED) is 0.757. The lowest BCUT2D eigenvalue weighted by Gasteiger charge is -2.18. The maximum absolute atomic E-state index is 13.2. The molecule has 0 spiro atoms. The molecule has 0 fully saturated rings. The highest BCUT2D eigenvalue weighted by Crippen LogP contribution is 2.33. The molecule has 0 unspecified atom stereocenters. The predicted octanol–water partition coefficient (Wildman–Crippen LogP) is 2.37. The van der Waals surface area contributed by atoms with E-state index in [0.717, 1.165) is 11.5 Å². The van der Waals surface area contributed by atoms with E-state index >= 15 is 0 Å². The molecule has 26 heavy (non-hydrogen) atoms. The Labute approximate surface area is 147 Å². The molecule has 0 aliphatic carbocycles. The fourth-order valence-corrected chi connectivity index (χ4v) is 2.83. The van der Waals surface area contributed by atoms with Gasteiger partial charge in [-0.2, -0.15) is 0 Å². The second-order valence-corrected chi connectivity index (χ2v) is 5.90. The Morgan fingerprint density at radius 1 is 1.12 bits per heavy atom. The van der Waals surface area contributed by atoms with Crippen molar-refractivity contribution < 1.29 is 18.7 Å². The van der Waals surface area contributed by atoms with Gasteiger partial charge < -0.3 is 19.8 Å². The number of carbonyl (C=O) groups is 1. The second kappa shape index (κ2) is 6.51. The minimum Gasteiger partial charge on any atom is -0.486 e. The zero-order chi connectivity index (χ0) is 18.1. The minimum absolute atomic E-state index is 0.0229. The van der Waals surface area contributed by atoms with Gasteiger partial charge in [0.1, 0.15) is 19.0 Å². The van der Waals surface area contributed by atoms with E-state index in [1.807, 2.05) is 0 Å². The Morgan fingerprint density at radius 3 is 2.65 bits per heavy atom. The molecule has 4 rings (SSSR count). The molecule has 0 saturated heterocycles. The zero-order valence-electron chi connectivity index (χ0n) is 13.7. The van der Waals surface area contributed by atoms with Crippen molar-refractivity contribution in [3.8, 4) is 11.5 Å². The minimum atomic E-state index is -0.492. The molecule has 0 atom stereocenters. The third-order valence-corrected chi connectivity index (χ3v) is 4.11. The van der Waals surface area contributed by atoms with Crippen LogP contribution in [-0.4, -0.2) is 24.1 Å². The van der Waals surface area contributed by atoms with Gasteiger partial charge in [0.15, 0.2) is 11.5 Å². The number of aromatic nitrogens is 1. The number of benzene rings is 2. The van der Waals surface area contributed by atoms with E-state index in [4.69, 9.17) is 9.47 Å². The number of H-pyrrole nitrogens is 1. The summed E-state index contributed by atoms with van der Waals surface area (Å²) in [4.78, 5) is 27.2. The number of amides is 1. The number of hydrogen-bond acceptors (Lipinski definition) is 4. The number of nitrogens with one attached hydrogen (secondary N) is 2. The first-order valence-electron chi connectivity index (χ1n) is 8.09. The number of aromatic amines is 1. The summed E-state index contributed by atoms with van der Waals surface area (Å²) in [6, 6.07) is 10.6.